The van der Waals surface area contributed by atoms with Gasteiger partial charge in [0.2, 0.25) is 0 Å². The first-order valence-corrected chi connectivity index (χ1v) is 13.8. The summed E-state index contributed by atoms with van der Waals surface area (Å²) in [7, 11) is -9.98. The molecule has 2 aromatic carbocycles. The second kappa shape index (κ2) is 8.77. The van der Waals surface area contributed by atoms with E-state index < -0.39 is 52.8 Å². The van der Waals surface area contributed by atoms with Gasteiger partial charge in [-0.05, 0) is 59.4 Å². The van der Waals surface area contributed by atoms with Crippen molar-refractivity contribution in [3.8, 4) is 0 Å². The summed E-state index contributed by atoms with van der Waals surface area (Å²) in [6.45, 7) is 1.45. The van der Waals surface area contributed by atoms with E-state index in [4.69, 9.17) is 0 Å². The van der Waals surface area contributed by atoms with E-state index in [0.29, 0.717) is 0 Å². The molecule has 0 aromatic heterocycles. The second-order valence-corrected chi connectivity index (χ2v) is 11.6. The van der Waals surface area contributed by atoms with Crippen molar-refractivity contribution < 1.29 is 45.7 Å². The smallest absolute Gasteiger partial charge is 0.319 e. The number of hydrogen-bond donors (Lipinski definition) is 4. The summed E-state index contributed by atoms with van der Waals surface area (Å²) < 4.78 is 69.2. The molecule has 0 fully saturated rings. The Morgan fingerprint density at radius 3 is 1.73 bits per heavy atom. The van der Waals surface area contributed by atoms with Gasteiger partial charge in [0.05, 0.1) is 9.81 Å². The molecule has 2 aromatic rings. The third kappa shape index (κ3) is 3.93. The van der Waals surface area contributed by atoms with Crippen LogP contribution in [0.2, 0.25) is 0 Å². The Bertz CT molecular complexity index is 1690. The molecule has 0 bridgehead atoms. The number of aryl methyl sites for hydroxylation is 1. The first-order valence-electron chi connectivity index (χ1n) is 10.9. The number of aliphatic carboxylic acids is 2. The largest absolute Gasteiger partial charge is 0.480 e. The topological polar surface area (TPSA) is 183 Å². The summed E-state index contributed by atoms with van der Waals surface area (Å²) in [6, 6.07) is 7.30. The zero-order valence-electron chi connectivity index (χ0n) is 19.3. The fourth-order valence-corrected chi connectivity index (χ4v) is 7.34. The van der Waals surface area contributed by atoms with Crippen LogP contribution in [0.25, 0.3) is 10.8 Å². The van der Waals surface area contributed by atoms with Gasteiger partial charge in [-0.1, -0.05) is 54.6 Å². The molecule has 2 aliphatic carbocycles. The number of carbonyl (C=O) groups is 2. The minimum absolute atomic E-state index is 0.00292. The molecule has 0 amide bonds. The maximum atomic E-state index is 12.8. The summed E-state index contributed by atoms with van der Waals surface area (Å²) in [5, 5.41) is 21.0. The maximum absolute atomic E-state index is 12.8. The number of allylic oxidation sites excluding steroid dienone is 6. The maximum Gasteiger partial charge on any atom is 0.319 e. The molecule has 2 unspecified atom stereocenters. The molecule has 0 spiro atoms. The van der Waals surface area contributed by atoms with Crippen molar-refractivity contribution in [3.05, 3.63) is 93.3 Å². The highest BCUT2D eigenvalue weighted by Crippen LogP contribution is 2.50. The lowest BCUT2D eigenvalue weighted by Crippen LogP contribution is -2.43. The molecule has 4 N–H and O–H groups in total. The number of fused-ring (bicyclic) bond motifs is 1. The Labute approximate surface area is 212 Å². The van der Waals surface area contributed by atoms with Gasteiger partial charge in [0.1, 0.15) is 10.8 Å². The summed E-state index contributed by atoms with van der Waals surface area (Å²) in [5.41, 5.74) is -4.40. The van der Waals surface area contributed by atoms with Crippen LogP contribution in [0, 0.1) is 6.92 Å². The van der Waals surface area contributed by atoms with Crippen molar-refractivity contribution in [2.45, 2.75) is 30.6 Å². The number of carboxylic acid groups (broad SMARTS) is 2. The lowest BCUT2D eigenvalue weighted by molar-refractivity contribution is -0.143. The van der Waals surface area contributed by atoms with Gasteiger partial charge in [-0.15, -0.1) is 0 Å². The summed E-state index contributed by atoms with van der Waals surface area (Å²) >= 11 is 0. The molecule has 0 aliphatic heterocycles. The van der Waals surface area contributed by atoms with Crippen LogP contribution in [-0.2, 0) is 40.7 Å². The Balaban J connectivity index is 2.19. The normalized spacial score (nSPS) is 24.0. The van der Waals surface area contributed by atoms with Crippen molar-refractivity contribution in [2.75, 3.05) is 0 Å². The van der Waals surface area contributed by atoms with Crippen LogP contribution in [0.1, 0.15) is 29.5 Å². The Hall–Kier alpha value is -3.58. The fourth-order valence-electron chi connectivity index (χ4n) is 5.41. The van der Waals surface area contributed by atoms with Crippen molar-refractivity contribution in [1.82, 2.24) is 0 Å². The molecule has 0 saturated heterocycles. The minimum atomic E-state index is -4.99. The average molecular weight is 547 g/mol. The minimum Gasteiger partial charge on any atom is -0.480 e. The van der Waals surface area contributed by atoms with E-state index in [9.17, 15) is 45.7 Å². The van der Waals surface area contributed by atoms with Gasteiger partial charge in [0.25, 0.3) is 20.2 Å². The van der Waals surface area contributed by atoms with Crippen LogP contribution in [0.4, 0.5) is 0 Å². The first kappa shape index (κ1) is 26.5. The Kier molecular flexibility index (Phi) is 6.28. The van der Waals surface area contributed by atoms with Crippen LogP contribution in [-0.4, -0.2) is 48.1 Å². The predicted octanol–water partition coefficient (Wildman–Crippen LogP) is 3.26. The molecular weight excluding hydrogens is 524 g/mol. The highest BCUT2D eigenvalue weighted by molar-refractivity contribution is 7.90. The number of benzene rings is 2. The highest BCUT2D eigenvalue weighted by atomic mass is 32.2. The van der Waals surface area contributed by atoms with E-state index in [1.54, 1.807) is 0 Å². The molecule has 4 rings (SSSR count). The Morgan fingerprint density at radius 1 is 0.784 bits per heavy atom. The first-order chi connectivity index (χ1) is 17.2. The van der Waals surface area contributed by atoms with Crippen LogP contribution in [0.15, 0.2) is 76.6 Å². The number of rotatable bonds is 6. The van der Waals surface area contributed by atoms with Crippen molar-refractivity contribution in [1.29, 1.82) is 0 Å². The van der Waals surface area contributed by atoms with E-state index in [1.165, 1.54) is 61.6 Å². The van der Waals surface area contributed by atoms with Gasteiger partial charge in [-0.2, -0.15) is 16.8 Å². The molecule has 0 saturated carbocycles. The van der Waals surface area contributed by atoms with Gasteiger partial charge in [0, 0.05) is 0 Å². The van der Waals surface area contributed by atoms with Gasteiger partial charge < -0.3 is 10.2 Å². The van der Waals surface area contributed by atoms with E-state index in [0.717, 1.165) is 12.2 Å². The van der Waals surface area contributed by atoms with Gasteiger partial charge in [-0.25, -0.2) is 0 Å². The van der Waals surface area contributed by atoms with Crippen molar-refractivity contribution >= 4 is 42.9 Å². The number of carboxylic acids is 2. The van der Waals surface area contributed by atoms with Crippen LogP contribution >= 0.6 is 0 Å². The SMILES string of the molecule is Cc1cc(C2(C(=O)O)CC=CC=C2S(=O)(=O)O)c2ccccc2c1C1(C(=O)O)CC=CC=C1S(=O)(=O)O. The van der Waals surface area contributed by atoms with Crippen molar-refractivity contribution in [2.24, 2.45) is 0 Å². The van der Waals surface area contributed by atoms with Crippen LogP contribution in [0.3, 0.4) is 0 Å². The van der Waals surface area contributed by atoms with E-state index >= 15 is 0 Å². The molecule has 0 radical (unpaired) electrons. The quantitative estimate of drug-likeness (QED) is 0.392. The third-order valence-corrected chi connectivity index (χ3v) is 8.95. The summed E-state index contributed by atoms with van der Waals surface area (Å²) in [4.78, 5) is 24.0. The molecule has 37 heavy (non-hydrogen) atoms. The molecule has 2 atom stereocenters. The van der Waals surface area contributed by atoms with E-state index in [-0.39, 0.29) is 40.3 Å². The molecule has 194 valence electrons. The van der Waals surface area contributed by atoms with Crippen molar-refractivity contribution in [3.63, 3.8) is 0 Å². The zero-order valence-corrected chi connectivity index (χ0v) is 21.0. The van der Waals surface area contributed by atoms with Gasteiger partial charge >= 0.3 is 11.9 Å². The Morgan fingerprint density at radius 2 is 1.24 bits per heavy atom. The average Bonchev–Trinajstić information content (AvgIpc) is 2.82. The monoisotopic (exact) mass is 546 g/mol. The molecular formula is C25H22O10S2. The third-order valence-electron chi connectivity index (χ3n) is 6.87. The molecule has 2 aliphatic rings. The number of hydrogen-bond acceptors (Lipinski definition) is 6. The molecule has 12 heteroatoms. The zero-order chi connectivity index (χ0) is 27.4. The standard InChI is InChI=1S/C25H22O10S2/c1-15-14-18(24(22(26)27)12-6-4-10-19(24)36(30,31)32)16-8-2-3-9-17(16)21(15)25(23(28)29)13-7-5-11-20(25)37(33,34)35/h2-11,14H,12-13H2,1H3,(H,26,27)(H,28,29)(H,30,31,32)(H,33,34,35). The second-order valence-electron chi connectivity index (χ2n) is 8.86. The molecule has 0 heterocycles. The fraction of sp³-hybridized carbons (Fsp3) is 0.200. The molecule has 10 nitrogen and oxygen atoms in total. The van der Waals surface area contributed by atoms with Gasteiger partial charge in [0.15, 0.2) is 0 Å². The van der Waals surface area contributed by atoms with E-state index in [2.05, 4.69) is 0 Å². The summed E-state index contributed by atoms with van der Waals surface area (Å²) in [5.74, 6) is -3.13. The summed E-state index contributed by atoms with van der Waals surface area (Å²) in [6.07, 6.45) is 6.83. The highest BCUT2D eigenvalue weighted by Gasteiger charge is 2.53. The van der Waals surface area contributed by atoms with E-state index in [1.807, 2.05) is 0 Å². The lowest BCUT2D eigenvalue weighted by atomic mass is 9.67. The van der Waals surface area contributed by atoms with Crippen LogP contribution in [0.5, 0.6) is 0 Å². The van der Waals surface area contributed by atoms with Crippen LogP contribution < -0.4 is 0 Å². The predicted molar refractivity (Wildman–Crippen MR) is 134 cm³/mol. The lowest BCUT2D eigenvalue weighted by Gasteiger charge is -2.37. The van der Waals surface area contributed by atoms with Gasteiger partial charge in [-0.3, -0.25) is 18.7 Å².